The van der Waals surface area contributed by atoms with Crippen LogP contribution in [0.25, 0.3) is 0 Å². The Kier molecular flexibility index (Phi) is 7.50. The van der Waals surface area contributed by atoms with Gasteiger partial charge in [-0.15, -0.1) is 0 Å². The number of hydrogen-bond donors (Lipinski definition) is 3. The average molecular weight is 379 g/mol. The lowest BCUT2D eigenvalue weighted by Gasteiger charge is -2.24. The van der Waals surface area contributed by atoms with Crippen LogP contribution in [0, 0.1) is 0 Å². The Morgan fingerprint density at radius 1 is 1.12 bits per heavy atom. The van der Waals surface area contributed by atoms with Crippen LogP contribution in [0.3, 0.4) is 0 Å². The molecule has 0 aliphatic heterocycles. The quantitative estimate of drug-likeness (QED) is 0.646. The van der Waals surface area contributed by atoms with E-state index in [2.05, 4.69) is 30.8 Å². The van der Waals surface area contributed by atoms with Crippen molar-refractivity contribution in [2.75, 3.05) is 27.7 Å². The first kappa shape index (κ1) is 19.5. The van der Waals surface area contributed by atoms with E-state index in [-0.39, 0.29) is 6.04 Å². The van der Waals surface area contributed by atoms with Gasteiger partial charge in [-0.05, 0) is 36.0 Å². The molecule has 25 heavy (non-hydrogen) atoms. The number of halogens is 1. The summed E-state index contributed by atoms with van der Waals surface area (Å²) in [7, 11) is 5.89. The number of likely N-dealkylation sites (N-methyl/N-ethyl adjacent to an activating group) is 1. The molecule has 0 unspecified atom stereocenters. The maximum absolute atomic E-state index is 6.34. The predicted octanol–water partition coefficient (Wildman–Crippen LogP) is 2.20. The topological polar surface area (TPSA) is 37.7 Å². The van der Waals surface area contributed by atoms with Crippen LogP contribution in [0.2, 0.25) is 5.02 Å². The summed E-state index contributed by atoms with van der Waals surface area (Å²) in [5, 5.41) is 7.95. The molecule has 2 aromatic carbocycles. The molecule has 0 heterocycles. The van der Waals surface area contributed by atoms with Crippen molar-refractivity contribution in [3.05, 3.63) is 64.7 Å². The van der Waals surface area contributed by atoms with E-state index in [1.54, 1.807) is 7.11 Å². The van der Waals surface area contributed by atoms with E-state index in [4.69, 9.17) is 28.6 Å². The average Bonchev–Trinajstić information content (AvgIpc) is 2.61. The summed E-state index contributed by atoms with van der Waals surface area (Å²) in [5.41, 5.74) is 2.26. The Balaban J connectivity index is 1.87. The summed E-state index contributed by atoms with van der Waals surface area (Å²) in [6, 6.07) is 16.1. The van der Waals surface area contributed by atoms with Crippen molar-refractivity contribution in [2.24, 2.45) is 0 Å². The van der Waals surface area contributed by atoms with Crippen LogP contribution in [0.5, 0.6) is 5.75 Å². The molecule has 0 bridgehead atoms. The predicted molar refractivity (Wildman–Crippen MR) is 107 cm³/mol. The van der Waals surface area contributed by atoms with Gasteiger partial charge >= 0.3 is 0 Å². The van der Waals surface area contributed by atoms with Crippen molar-refractivity contribution in [1.82, 2.24) is 10.6 Å². The standard InChI is InChI=1S/C19H24ClN3OS/c1-23(2)18(16-6-4-5-7-17(16)20)13-22-19(25)21-12-14-8-10-15(24-3)11-9-14/h4-11,18H,12-13H2,1-3H3,(H2,21,22,25)/p+1/t18-/m0/s1. The fourth-order valence-electron chi connectivity index (χ4n) is 2.57. The Bertz CT molecular complexity index is 691. The largest absolute Gasteiger partial charge is 0.497 e. The second-order valence-corrected chi connectivity index (χ2v) is 6.88. The molecule has 0 saturated carbocycles. The zero-order chi connectivity index (χ0) is 18.2. The normalized spacial score (nSPS) is 11.9. The van der Waals surface area contributed by atoms with E-state index in [0.717, 1.165) is 21.9 Å². The highest BCUT2D eigenvalue weighted by molar-refractivity contribution is 7.80. The molecule has 3 N–H and O–H groups in total. The fourth-order valence-corrected chi connectivity index (χ4v) is 2.99. The summed E-state index contributed by atoms with van der Waals surface area (Å²) in [4.78, 5) is 1.29. The number of nitrogens with one attached hydrogen (secondary N) is 3. The van der Waals surface area contributed by atoms with Gasteiger partial charge in [0.05, 0.1) is 27.7 Å². The summed E-state index contributed by atoms with van der Waals surface area (Å²) in [5.74, 6) is 0.848. The van der Waals surface area contributed by atoms with Crippen LogP contribution in [0.15, 0.2) is 48.5 Å². The molecule has 134 valence electrons. The monoisotopic (exact) mass is 378 g/mol. The first-order valence-electron chi connectivity index (χ1n) is 8.20. The number of ether oxygens (including phenoxy) is 1. The van der Waals surface area contributed by atoms with Crippen molar-refractivity contribution < 1.29 is 9.64 Å². The minimum Gasteiger partial charge on any atom is -0.497 e. The zero-order valence-electron chi connectivity index (χ0n) is 14.8. The molecule has 0 aliphatic carbocycles. The molecular weight excluding hydrogens is 354 g/mol. The molecule has 0 aromatic heterocycles. The van der Waals surface area contributed by atoms with Crippen LogP contribution >= 0.6 is 23.8 Å². The first-order valence-corrected chi connectivity index (χ1v) is 8.99. The second kappa shape index (κ2) is 9.61. The fraction of sp³-hybridized carbons (Fsp3) is 0.316. The van der Waals surface area contributed by atoms with Gasteiger partial charge in [0.1, 0.15) is 11.8 Å². The summed E-state index contributed by atoms with van der Waals surface area (Å²) in [6.07, 6.45) is 0. The molecule has 0 amide bonds. The SMILES string of the molecule is COc1ccc(CNC(=S)NC[C@@H](c2ccccc2Cl)[NH+](C)C)cc1. The maximum atomic E-state index is 6.34. The Morgan fingerprint density at radius 3 is 2.40 bits per heavy atom. The summed E-state index contributed by atoms with van der Waals surface area (Å²) >= 11 is 11.7. The highest BCUT2D eigenvalue weighted by Crippen LogP contribution is 2.20. The van der Waals surface area contributed by atoms with E-state index in [1.165, 1.54) is 4.90 Å². The molecule has 0 radical (unpaired) electrons. The van der Waals surface area contributed by atoms with Crippen molar-refractivity contribution >= 4 is 28.9 Å². The Labute approximate surface area is 160 Å². The van der Waals surface area contributed by atoms with Gasteiger partial charge in [0, 0.05) is 17.1 Å². The summed E-state index contributed by atoms with van der Waals surface area (Å²) in [6.45, 7) is 1.38. The molecule has 0 aliphatic rings. The van der Waals surface area contributed by atoms with Crippen LogP contribution in [-0.4, -0.2) is 32.9 Å². The number of methoxy groups -OCH3 is 1. The molecule has 0 fully saturated rings. The molecule has 0 spiro atoms. The maximum Gasteiger partial charge on any atom is 0.166 e. The van der Waals surface area contributed by atoms with E-state index in [1.807, 2.05) is 42.5 Å². The lowest BCUT2D eigenvalue weighted by molar-refractivity contribution is -0.890. The highest BCUT2D eigenvalue weighted by atomic mass is 35.5. The number of quaternary nitrogens is 1. The zero-order valence-corrected chi connectivity index (χ0v) is 16.4. The lowest BCUT2D eigenvalue weighted by Crippen LogP contribution is -3.07. The van der Waals surface area contributed by atoms with Crippen LogP contribution in [0.1, 0.15) is 17.2 Å². The number of hydrogen-bond acceptors (Lipinski definition) is 2. The van der Waals surface area contributed by atoms with Crippen molar-refractivity contribution in [3.63, 3.8) is 0 Å². The van der Waals surface area contributed by atoms with E-state index >= 15 is 0 Å². The van der Waals surface area contributed by atoms with Crippen molar-refractivity contribution in [2.45, 2.75) is 12.6 Å². The molecule has 2 rings (SSSR count). The van der Waals surface area contributed by atoms with Gasteiger partial charge in [-0.2, -0.15) is 0 Å². The minimum absolute atomic E-state index is 0.217. The Morgan fingerprint density at radius 2 is 1.80 bits per heavy atom. The molecular formula is C19H25ClN3OS+. The van der Waals surface area contributed by atoms with Gasteiger partial charge in [0.15, 0.2) is 5.11 Å². The third-order valence-corrected chi connectivity index (χ3v) is 4.69. The van der Waals surface area contributed by atoms with Gasteiger partial charge in [-0.25, -0.2) is 0 Å². The van der Waals surface area contributed by atoms with Crippen molar-refractivity contribution in [1.29, 1.82) is 0 Å². The van der Waals surface area contributed by atoms with E-state index < -0.39 is 0 Å². The van der Waals surface area contributed by atoms with Gasteiger partial charge in [0.25, 0.3) is 0 Å². The molecule has 0 saturated heterocycles. The van der Waals surface area contributed by atoms with Gasteiger partial charge < -0.3 is 20.3 Å². The van der Waals surface area contributed by atoms with Crippen LogP contribution in [-0.2, 0) is 6.54 Å². The number of thiocarbonyl (C=S) groups is 1. The van der Waals surface area contributed by atoms with Gasteiger partial charge in [-0.1, -0.05) is 41.9 Å². The number of rotatable bonds is 7. The molecule has 6 heteroatoms. The van der Waals surface area contributed by atoms with Crippen LogP contribution in [0.4, 0.5) is 0 Å². The first-order chi connectivity index (χ1) is 12.0. The highest BCUT2D eigenvalue weighted by Gasteiger charge is 2.20. The van der Waals surface area contributed by atoms with Crippen molar-refractivity contribution in [3.8, 4) is 5.75 Å². The van der Waals surface area contributed by atoms with Gasteiger partial charge in [-0.3, -0.25) is 0 Å². The van der Waals surface area contributed by atoms with Crippen LogP contribution < -0.4 is 20.3 Å². The summed E-state index contributed by atoms with van der Waals surface area (Å²) < 4.78 is 5.16. The van der Waals surface area contributed by atoms with E-state index in [9.17, 15) is 0 Å². The second-order valence-electron chi connectivity index (χ2n) is 6.06. The Hall–Kier alpha value is -1.82. The molecule has 4 nitrogen and oxygen atoms in total. The molecule has 2 aromatic rings. The number of benzene rings is 2. The van der Waals surface area contributed by atoms with E-state index in [0.29, 0.717) is 18.2 Å². The third-order valence-electron chi connectivity index (χ3n) is 4.06. The third kappa shape index (κ3) is 5.88. The minimum atomic E-state index is 0.217. The lowest BCUT2D eigenvalue weighted by atomic mass is 10.1. The smallest absolute Gasteiger partial charge is 0.166 e. The van der Waals surface area contributed by atoms with Gasteiger partial charge in [0.2, 0.25) is 0 Å². The molecule has 1 atom stereocenters.